The van der Waals surface area contributed by atoms with Gasteiger partial charge in [-0.25, -0.2) is 0 Å². The summed E-state index contributed by atoms with van der Waals surface area (Å²) in [5.74, 6) is 0.915. The Labute approximate surface area is 160 Å². The van der Waals surface area contributed by atoms with E-state index in [1.165, 1.54) is 43.6 Å². The number of piperidine rings is 1. The second-order valence-corrected chi connectivity index (χ2v) is 7.58. The maximum Gasteiger partial charge on any atom is 0.282 e. The molecule has 1 aliphatic heterocycles. The van der Waals surface area contributed by atoms with Gasteiger partial charge in [0.05, 0.1) is 6.20 Å². The van der Waals surface area contributed by atoms with Crippen molar-refractivity contribution in [1.82, 2.24) is 9.63 Å². The SMILES string of the molecule is COn1cc(-c2ccc(OC3CCN(C4CCCC4)CC3)cc2)ccc1=O. The Kier molecular flexibility index (Phi) is 5.48. The monoisotopic (exact) mass is 368 g/mol. The van der Waals surface area contributed by atoms with E-state index in [9.17, 15) is 4.79 Å². The maximum atomic E-state index is 11.6. The molecule has 1 aliphatic carbocycles. The summed E-state index contributed by atoms with van der Waals surface area (Å²) in [4.78, 5) is 19.4. The van der Waals surface area contributed by atoms with Crippen molar-refractivity contribution < 1.29 is 9.57 Å². The highest BCUT2D eigenvalue weighted by atomic mass is 16.6. The van der Waals surface area contributed by atoms with Crippen LogP contribution < -0.4 is 15.1 Å². The molecular weight excluding hydrogens is 340 g/mol. The fourth-order valence-electron chi connectivity index (χ4n) is 4.33. The van der Waals surface area contributed by atoms with Gasteiger partial charge in [-0.1, -0.05) is 25.0 Å². The summed E-state index contributed by atoms with van der Waals surface area (Å²) in [6.07, 6.45) is 9.78. The molecule has 0 radical (unpaired) electrons. The molecule has 0 atom stereocenters. The molecule has 2 heterocycles. The van der Waals surface area contributed by atoms with Crippen molar-refractivity contribution >= 4 is 0 Å². The molecule has 0 spiro atoms. The minimum Gasteiger partial charge on any atom is -0.490 e. The molecule has 0 unspecified atom stereocenters. The summed E-state index contributed by atoms with van der Waals surface area (Å²) in [6, 6.07) is 12.2. The molecule has 1 aromatic carbocycles. The molecule has 0 N–H and O–H groups in total. The van der Waals surface area contributed by atoms with Crippen LogP contribution in [0.4, 0.5) is 0 Å². The first-order chi connectivity index (χ1) is 13.2. The molecule has 5 nitrogen and oxygen atoms in total. The summed E-state index contributed by atoms with van der Waals surface area (Å²) < 4.78 is 7.45. The number of ether oxygens (including phenoxy) is 1. The molecule has 2 fully saturated rings. The van der Waals surface area contributed by atoms with E-state index in [2.05, 4.69) is 4.90 Å². The van der Waals surface area contributed by atoms with E-state index < -0.39 is 0 Å². The fourth-order valence-corrected chi connectivity index (χ4v) is 4.33. The molecule has 5 heteroatoms. The van der Waals surface area contributed by atoms with Crippen LogP contribution in [-0.4, -0.2) is 42.0 Å². The number of aromatic nitrogens is 1. The quantitative estimate of drug-likeness (QED) is 0.812. The van der Waals surface area contributed by atoms with Crippen LogP contribution >= 0.6 is 0 Å². The lowest BCUT2D eigenvalue weighted by Gasteiger charge is -2.36. The van der Waals surface area contributed by atoms with Crippen molar-refractivity contribution in [3.63, 3.8) is 0 Å². The zero-order valence-electron chi connectivity index (χ0n) is 16.0. The van der Waals surface area contributed by atoms with Crippen molar-refractivity contribution in [2.75, 3.05) is 20.2 Å². The first-order valence-electron chi connectivity index (χ1n) is 10.0. The maximum absolute atomic E-state index is 11.6. The van der Waals surface area contributed by atoms with Crippen LogP contribution in [0, 0.1) is 0 Å². The molecule has 2 aromatic rings. The van der Waals surface area contributed by atoms with Crippen LogP contribution in [0.25, 0.3) is 11.1 Å². The Morgan fingerprint density at radius 2 is 1.56 bits per heavy atom. The van der Waals surface area contributed by atoms with E-state index in [1.807, 2.05) is 30.3 Å². The summed E-state index contributed by atoms with van der Waals surface area (Å²) in [5, 5.41) is 0. The molecule has 27 heavy (non-hydrogen) atoms. The predicted molar refractivity (Wildman–Crippen MR) is 106 cm³/mol. The predicted octanol–water partition coefficient (Wildman–Crippen LogP) is 3.36. The molecule has 2 aliphatic rings. The van der Waals surface area contributed by atoms with Gasteiger partial charge in [-0.3, -0.25) is 4.79 Å². The van der Waals surface area contributed by atoms with E-state index in [4.69, 9.17) is 9.57 Å². The molecule has 4 rings (SSSR count). The van der Waals surface area contributed by atoms with Gasteiger partial charge < -0.3 is 14.5 Å². The minimum absolute atomic E-state index is 0.176. The summed E-state index contributed by atoms with van der Waals surface area (Å²) in [6.45, 7) is 2.32. The first-order valence-corrected chi connectivity index (χ1v) is 10.0. The molecule has 0 amide bonds. The van der Waals surface area contributed by atoms with Crippen LogP contribution in [0.1, 0.15) is 38.5 Å². The number of rotatable bonds is 5. The fraction of sp³-hybridized carbons (Fsp3) is 0.500. The van der Waals surface area contributed by atoms with Crippen LogP contribution in [0.3, 0.4) is 0 Å². The lowest BCUT2D eigenvalue weighted by molar-refractivity contribution is 0.0768. The van der Waals surface area contributed by atoms with Crippen molar-refractivity contribution in [1.29, 1.82) is 0 Å². The summed E-state index contributed by atoms with van der Waals surface area (Å²) in [5.41, 5.74) is 1.79. The Morgan fingerprint density at radius 3 is 2.22 bits per heavy atom. The first kappa shape index (κ1) is 18.1. The number of likely N-dealkylation sites (tertiary alicyclic amines) is 1. The normalized spacial score (nSPS) is 19.3. The molecular formula is C22H28N2O3. The molecule has 1 aromatic heterocycles. The van der Waals surface area contributed by atoms with Gasteiger partial charge in [-0.05, 0) is 49.4 Å². The highest BCUT2D eigenvalue weighted by Gasteiger charge is 2.27. The third kappa shape index (κ3) is 4.19. The topological polar surface area (TPSA) is 43.7 Å². The minimum atomic E-state index is -0.176. The van der Waals surface area contributed by atoms with Gasteiger partial charge >= 0.3 is 0 Å². The van der Waals surface area contributed by atoms with Gasteiger partial charge in [0.15, 0.2) is 0 Å². The Morgan fingerprint density at radius 1 is 0.889 bits per heavy atom. The zero-order chi connectivity index (χ0) is 18.6. The highest BCUT2D eigenvalue weighted by Crippen LogP contribution is 2.28. The average Bonchev–Trinajstić information content (AvgIpc) is 3.24. The van der Waals surface area contributed by atoms with E-state index >= 15 is 0 Å². The number of hydrogen-bond donors (Lipinski definition) is 0. The van der Waals surface area contributed by atoms with Crippen molar-refractivity contribution in [2.24, 2.45) is 0 Å². The summed E-state index contributed by atoms with van der Waals surface area (Å²) in [7, 11) is 1.49. The van der Waals surface area contributed by atoms with Crippen LogP contribution in [0.15, 0.2) is 47.4 Å². The van der Waals surface area contributed by atoms with E-state index in [1.54, 1.807) is 6.20 Å². The van der Waals surface area contributed by atoms with Gasteiger partial charge in [-0.2, -0.15) is 4.73 Å². The molecule has 0 bridgehead atoms. The number of pyridine rings is 1. The zero-order valence-corrected chi connectivity index (χ0v) is 16.0. The van der Waals surface area contributed by atoms with Crippen molar-refractivity contribution in [3.8, 4) is 16.9 Å². The Balaban J connectivity index is 1.35. The van der Waals surface area contributed by atoms with Gasteiger partial charge in [0.2, 0.25) is 0 Å². The largest absolute Gasteiger partial charge is 0.490 e. The Bertz CT molecular complexity index is 801. The third-order valence-electron chi connectivity index (χ3n) is 5.88. The van der Waals surface area contributed by atoms with Crippen LogP contribution in [-0.2, 0) is 0 Å². The third-order valence-corrected chi connectivity index (χ3v) is 5.88. The molecule has 1 saturated heterocycles. The molecule has 1 saturated carbocycles. The van der Waals surface area contributed by atoms with E-state index in [0.29, 0.717) is 6.10 Å². The number of hydrogen-bond acceptors (Lipinski definition) is 4. The van der Waals surface area contributed by atoms with Gasteiger partial charge in [0.1, 0.15) is 19.0 Å². The van der Waals surface area contributed by atoms with Gasteiger partial charge in [-0.15, -0.1) is 0 Å². The van der Waals surface area contributed by atoms with Crippen LogP contribution in [0.2, 0.25) is 0 Å². The number of nitrogens with zero attached hydrogens (tertiary/aromatic N) is 2. The van der Waals surface area contributed by atoms with Gasteiger partial charge in [0.25, 0.3) is 5.56 Å². The second-order valence-electron chi connectivity index (χ2n) is 7.58. The lowest BCUT2D eigenvalue weighted by Crippen LogP contribution is -2.43. The molecule has 144 valence electrons. The van der Waals surface area contributed by atoms with E-state index in [0.717, 1.165) is 48.8 Å². The van der Waals surface area contributed by atoms with Crippen molar-refractivity contribution in [2.45, 2.75) is 50.7 Å². The average molecular weight is 368 g/mol. The van der Waals surface area contributed by atoms with Crippen LogP contribution in [0.5, 0.6) is 5.75 Å². The van der Waals surface area contributed by atoms with Gasteiger partial charge in [0, 0.05) is 30.8 Å². The lowest BCUT2D eigenvalue weighted by atomic mass is 10.0. The Hall–Kier alpha value is -2.27. The number of benzene rings is 1. The van der Waals surface area contributed by atoms with Crippen molar-refractivity contribution in [3.05, 3.63) is 52.9 Å². The smallest absolute Gasteiger partial charge is 0.282 e. The summed E-state index contributed by atoms with van der Waals surface area (Å²) >= 11 is 0. The van der Waals surface area contributed by atoms with E-state index in [-0.39, 0.29) is 5.56 Å². The second kappa shape index (κ2) is 8.17. The standard InChI is InChI=1S/C22H28N2O3/c1-26-24-16-18(8-11-22(24)25)17-6-9-20(10-7-17)27-21-12-14-23(15-13-21)19-4-2-3-5-19/h6-11,16,19,21H,2-5,12-15H2,1H3. The highest BCUT2D eigenvalue weighted by molar-refractivity contribution is 5.63.